The van der Waals surface area contributed by atoms with E-state index in [9.17, 15) is 13.2 Å². The SMILES string of the molecule is CCCOc1ccc(C(=O)NC(=S)Nc2ccc(S(=O)(=O)Nc3ccc(OC)cc3)cc2)cc1. The molecule has 1 amide bonds. The summed E-state index contributed by atoms with van der Waals surface area (Å²) in [5.74, 6) is 0.942. The predicted molar refractivity (Wildman–Crippen MR) is 136 cm³/mol. The second-order valence-corrected chi connectivity index (χ2v) is 9.23. The van der Waals surface area contributed by atoms with Gasteiger partial charge in [0.05, 0.1) is 18.6 Å². The molecule has 0 unspecified atom stereocenters. The number of carbonyl (C=O) groups is 1. The van der Waals surface area contributed by atoms with Crippen molar-refractivity contribution in [3.63, 3.8) is 0 Å². The van der Waals surface area contributed by atoms with Crippen LogP contribution in [0.15, 0.2) is 77.7 Å². The Bertz CT molecular complexity index is 1230. The fourth-order valence-corrected chi connectivity index (χ4v) is 4.12. The van der Waals surface area contributed by atoms with Crippen molar-refractivity contribution in [1.29, 1.82) is 0 Å². The Labute approximate surface area is 204 Å². The number of nitrogens with one attached hydrogen (secondary N) is 3. The maximum atomic E-state index is 12.6. The van der Waals surface area contributed by atoms with Gasteiger partial charge in [0.15, 0.2) is 5.11 Å². The van der Waals surface area contributed by atoms with Gasteiger partial charge in [0.25, 0.3) is 15.9 Å². The summed E-state index contributed by atoms with van der Waals surface area (Å²) in [5.41, 5.74) is 1.37. The zero-order valence-corrected chi connectivity index (χ0v) is 20.3. The first-order valence-corrected chi connectivity index (χ1v) is 12.3. The molecule has 0 saturated carbocycles. The van der Waals surface area contributed by atoms with Crippen molar-refractivity contribution >= 4 is 44.6 Å². The van der Waals surface area contributed by atoms with E-state index in [2.05, 4.69) is 15.4 Å². The van der Waals surface area contributed by atoms with E-state index in [1.54, 1.807) is 60.7 Å². The average Bonchev–Trinajstić information content (AvgIpc) is 2.83. The number of amides is 1. The highest BCUT2D eigenvalue weighted by Gasteiger charge is 2.15. The summed E-state index contributed by atoms with van der Waals surface area (Å²) in [6.07, 6.45) is 0.897. The van der Waals surface area contributed by atoms with Crippen LogP contribution in [0.5, 0.6) is 11.5 Å². The standard InChI is InChI=1S/C24H25N3O5S2/c1-3-16-32-21-10-4-17(5-11-21)23(28)26-24(33)25-18-8-14-22(15-9-18)34(29,30)27-19-6-12-20(31-2)13-7-19/h4-15,27H,3,16H2,1-2H3,(H2,25,26,28,33). The topological polar surface area (TPSA) is 106 Å². The molecule has 10 heteroatoms. The van der Waals surface area contributed by atoms with E-state index < -0.39 is 10.0 Å². The van der Waals surface area contributed by atoms with Crippen LogP contribution < -0.4 is 24.8 Å². The van der Waals surface area contributed by atoms with Crippen LogP contribution >= 0.6 is 12.2 Å². The predicted octanol–water partition coefficient (Wildman–Crippen LogP) is 4.41. The van der Waals surface area contributed by atoms with Gasteiger partial charge in [-0.1, -0.05) is 6.92 Å². The van der Waals surface area contributed by atoms with Gasteiger partial charge in [0, 0.05) is 16.9 Å². The van der Waals surface area contributed by atoms with E-state index in [1.807, 2.05) is 6.92 Å². The molecule has 3 aromatic rings. The number of hydrogen-bond acceptors (Lipinski definition) is 6. The number of benzene rings is 3. The van der Waals surface area contributed by atoms with Gasteiger partial charge in [0.2, 0.25) is 0 Å². The van der Waals surface area contributed by atoms with Crippen LogP contribution in [0.4, 0.5) is 11.4 Å². The second-order valence-electron chi connectivity index (χ2n) is 7.14. The quantitative estimate of drug-likeness (QED) is 0.375. The Morgan fingerprint density at radius 1 is 0.882 bits per heavy atom. The molecule has 0 atom stereocenters. The lowest BCUT2D eigenvalue weighted by molar-refractivity contribution is 0.0977. The molecule has 0 aliphatic rings. The molecule has 0 spiro atoms. The Morgan fingerprint density at radius 3 is 2.06 bits per heavy atom. The molecule has 3 aromatic carbocycles. The highest BCUT2D eigenvalue weighted by atomic mass is 32.2. The fourth-order valence-electron chi connectivity index (χ4n) is 2.85. The van der Waals surface area contributed by atoms with Gasteiger partial charge < -0.3 is 14.8 Å². The first-order chi connectivity index (χ1) is 16.3. The average molecular weight is 500 g/mol. The minimum Gasteiger partial charge on any atom is -0.497 e. The Balaban J connectivity index is 1.56. The second kappa shape index (κ2) is 11.5. The molecular formula is C24H25N3O5S2. The molecular weight excluding hydrogens is 474 g/mol. The van der Waals surface area contributed by atoms with Crippen LogP contribution in [0.25, 0.3) is 0 Å². The van der Waals surface area contributed by atoms with Gasteiger partial charge in [-0.3, -0.25) is 14.8 Å². The molecule has 0 aliphatic carbocycles. The highest BCUT2D eigenvalue weighted by molar-refractivity contribution is 7.92. The number of anilines is 2. The van der Waals surface area contributed by atoms with Crippen LogP contribution in [-0.4, -0.2) is 33.2 Å². The summed E-state index contributed by atoms with van der Waals surface area (Å²) in [6, 6.07) is 19.3. The first-order valence-electron chi connectivity index (χ1n) is 10.4. The van der Waals surface area contributed by atoms with Gasteiger partial charge >= 0.3 is 0 Å². The van der Waals surface area contributed by atoms with E-state index in [4.69, 9.17) is 21.7 Å². The largest absolute Gasteiger partial charge is 0.497 e. The monoisotopic (exact) mass is 499 g/mol. The normalized spacial score (nSPS) is 10.8. The molecule has 0 aromatic heterocycles. The van der Waals surface area contributed by atoms with Crippen LogP contribution in [0, 0.1) is 0 Å². The summed E-state index contributed by atoms with van der Waals surface area (Å²) in [6.45, 7) is 2.62. The number of thiocarbonyl (C=S) groups is 1. The molecule has 0 bridgehead atoms. The minimum atomic E-state index is -3.77. The summed E-state index contributed by atoms with van der Waals surface area (Å²) in [5, 5.41) is 5.55. The summed E-state index contributed by atoms with van der Waals surface area (Å²) < 4.78 is 38.3. The molecule has 178 valence electrons. The number of ether oxygens (including phenoxy) is 2. The summed E-state index contributed by atoms with van der Waals surface area (Å²) in [4.78, 5) is 12.5. The van der Waals surface area contributed by atoms with Gasteiger partial charge in [-0.25, -0.2) is 8.42 Å². The maximum Gasteiger partial charge on any atom is 0.261 e. The third-order valence-electron chi connectivity index (χ3n) is 4.58. The molecule has 34 heavy (non-hydrogen) atoms. The van der Waals surface area contributed by atoms with Crippen molar-refractivity contribution in [3.05, 3.63) is 78.4 Å². The highest BCUT2D eigenvalue weighted by Crippen LogP contribution is 2.20. The van der Waals surface area contributed by atoms with Crippen LogP contribution in [0.2, 0.25) is 0 Å². The van der Waals surface area contributed by atoms with E-state index in [-0.39, 0.29) is 15.9 Å². The molecule has 0 aliphatic heterocycles. The molecule has 3 N–H and O–H groups in total. The Hall–Kier alpha value is -3.63. The molecule has 0 radical (unpaired) electrons. The molecule has 3 rings (SSSR count). The number of methoxy groups -OCH3 is 1. The van der Waals surface area contributed by atoms with E-state index in [0.29, 0.717) is 35.0 Å². The summed E-state index contributed by atoms with van der Waals surface area (Å²) in [7, 11) is -2.24. The number of rotatable bonds is 9. The smallest absolute Gasteiger partial charge is 0.261 e. The molecule has 0 saturated heterocycles. The van der Waals surface area contributed by atoms with Gasteiger partial charge in [-0.05, 0) is 91.4 Å². The zero-order valence-electron chi connectivity index (χ0n) is 18.7. The van der Waals surface area contributed by atoms with Crippen molar-refractivity contribution in [1.82, 2.24) is 5.32 Å². The third kappa shape index (κ3) is 6.93. The van der Waals surface area contributed by atoms with Crippen LogP contribution in [-0.2, 0) is 10.0 Å². The van der Waals surface area contributed by atoms with E-state index >= 15 is 0 Å². The molecule has 0 heterocycles. The number of hydrogen-bond donors (Lipinski definition) is 3. The van der Waals surface area contributed by atoms with Crippen molar-refractivity contribution in [3.8, 4) is 11.5 Å². The van der Waals surface area contributed by atoms with Gasteiger partial charge in [-0.15, -0.1) is 0 Å². The van der Waals surface area contributed by atoms with Crippen molar-refractivity contribution in [2.45, 2.75) is 18.2 Å². The Morgan fingerprint density at radius 2 is 1.47 bits per heavy atom. The lowest BCUT2D eigenvalue weighted by Crippen LogP contribution is -2.34. The summed E-state index contributed by atoms with van der Waals surface area (Å²) >= 11 is 5.20. The van der Waals surface area contributed by atoms with Crippen molar-refractivity contribution in [2.75, 3.05) is 23.8 Å². The molecule has 0 fully saturated rings. The Kier molecular flexibility index (Phi) is 8.44. The van der Waals surface area contributed by atoms with E-state index in [1.165, 1.54) is 19.2 Å². The number of carbonyl (C=O) groups excluding carboxylic acids is 1. The number of sulfonamides is 1. The van der Waals surface area contributed by atoms with Crippen molar-refractivity contribution < 1.29 is 22.7 Å². The lowest BCUT2D eigenvalue weighted by Gasteiger charge is -2.12. The van der Waals surface area contributed by atoms with Gasteiger partial charge in [0.1, 0.15) is 11.5 Å². The van der Waals surface area contributed by atoms with Crippen molar-refractivity contribution in [2.24, 2.45) is 0 Å². The van der Waals surface area contributed by atoms with E-state index in [0.717, 1.165) is 6.42 Å². The van der Waals surface area contributed by atoms with Crippen LogP contribution in [0.1, 0.15) is 23.7 Å². The fraction of sp³-hybridized carbons (Fsp3) is 0.167. The first kappa shape index (κ1) is 25.0. The van der Waals surface area contributed by atoms with Crippen LogP contribution in [0.3, 0.4) is 0 Å². The minimum absolute atomic E-state index is 0.0780. The van der Waals surface area contributed by atoms with Gasteiger partial charge in [-0.2, -0.15) is 0 Å². The third-order valence-corrected chi connectivity index (χ3v) is 6.18. The lowest BCUT2D eigenvalue weighted by atomic mass is 10.2. The zero-order chi connectivity index (χ0) is 24.6. The maximum absolute atomic E-state index is 12.6. The molecule has 8 nitrogen and oxygen atoms in total.